The zero-order valence-electron chi connectivity index (χ0n) is 10.0. The zero-order chi connectivity index (χ0) is 13.7. The summed E-state index contributed by atoms with van der Waals surface area (Å²) in [4.78, 5) is 15.7. The predicted octanol–water partition coefficient (Wildman–Crippen LogP) is 3.26. The van der Waals surface area contributed by atoms with Crippen LogP contribution < -0.4 is 9.47 Å². The minimum Gasteiger partial charge on any atom is -0.463 e. The summed E-state index contributed by atoms with van der Waals surface area (Å²) in [5.74, 6) is 0.484. The van der Waals surface area contributed by atoms with Crippen molar-refractivity contribution in [2.75, 3.05) is 6.61 Å². The normalized spacial score (nSPS) is 10.3. The van der Waals surface area contributed by atoms with Gasteiger partial charge in [-0.25, -0.2) is 0 Å². The molecule has 0 aromatic carbocycles. The first-order valence-electron chi connectivity index (χ1n) is 5.50. The van der Waals surface area contributed by atoms with Crippen molar-refractivity contribution in [1.82, 2.24) is 19.9 Å². The Bertz CT molecular complexity index is 570. The van der Waals surface area contributed by atoms with Crippen LogP contribution in [-0.2, 0) is 0 Å². The van der Waals surface area contributed by atoms with Gasteiger partial charge in [-0.15, -0.1) is 4.98 Å². The molecule has 0 saturated carbocycles. The third kappa shape index (κ3) is 4.29. The lowest BCUT2D eigenvalue weighted by Crippen LogP contribution is -2.03. The number of nitrogens with zero attached hydrogens (tertiary/aromatic N) is 4. The van der Waals surface area contributed by atoms with Gasteiger partial charge in [-0.2, -0.15) is 9.97 Å². The summed E-state index contributed by atoms with van der Waals surface area (Å²) < 4.78 is 11.5. The molecule has 0 atom stereocenters. The molecule has 0 radical (unpaired) electrons. The largest absolute Gasteiger partial charge is 0.463 e. The van der Waals surface area contributed by atoms with Crippen molar-refractivity contribution in [1.29, 1.82) is 0 Å². The third-order valence-corrected chi connectivity index (χ3v) is 2.49. The summed E-state index contributed by atoms with van der Waals surface area (Å²) in [6.07, 6.45) is 4.02. The van der Waals surface area contributed by atoms with E-state index in [1.165, 1.54) is 6.20 Å². The van der Waals surface area contributed by atoms with Gasteiger partial charge in [-0.1, -0.05) is 6.92 Å². The maximum atomic E-state index is 5.78. The van der Waals surface area contributed by atoms with E-state index < -0.39 is 0 Å². The Morgan fingerprint density at radius 1 is 1.21 bits per heavy atom. The SMILES string of the molecule is CCCOc1nc(Cl)nc(Oc2cncc(Br)c2)n1. The molecule has 0 fully saturated rings. The van der Waals surface area contributed by atoms with E-state index in [2.05, 4.69) is 35.9 Å². The van der Waals surface area contributed by atoms with Gasteiger partial charge in [0.1, 0.15) is 0 Å². The van der Waals surface area contributed by atoms with Gasteiger partial charge < -0.3 is 9.47 Å². The van der Waals surface area contributed by atoms with E-state index in [1.54, 1.807) is 12.3 Å². The lowest BCUT2D eigenvalue weighted by atomic mass is 10.5. The molecule has 0 amide bonds. The third-order valence-electron chi connectivity index (χ3n) is 1.89. The molecule has 0 N–H and O–H groups in total. The van der Waals surface area contributed by atoms with Crippen LogP contribution in [0.15, 0.2) is 22.9 Å². The number of hydrogen-bond acceptors (Lipinski definition) is 6. The average Bonchev–Trinajstić information content (AvgIpc) is 2.35. The lowest BCUT2D eigenvalue weighted by Gasteiger charge is -2.06. The number of hydrogen-bond donors (Lipinski definition) is 0. The Morgan fingerprint density at radius 3 is 2.74 bits per heavy atom. The summed E-state index contributed by atoms with van der Waals surface area (Å²) in [7, 11) is 0. The van der Waals surface area contributed by atoms with Crippen LogP contribution in [0.3, 0.4) is 0 Å². The highest BCUT2D eigenvalue weighted by Gasteiger charge is 2.08. The maximum absolute atomic E-state index is 5.78. The first-order valence-corrected chi connectivity index (χ1v) is 6.67. The number of halogens is 2. The maximum Gasteiger partial charge on any atom is 0.329 e. The van der Waals surface area contributed by atoms with Gasteiger partial charge >= 0.3 is 12.0 Å². The van der Waals surface area contributed by atoms with Crippen LogP contribution in [-0.4, -0.2) is 26.5 Å². The minimum absolute atomic E-state index is 0.0130. The molecule has 0 unspecified atom stereocenters. The van der Waals surface area contributed by atoms with Crippen molar-refractivity contribution in [2.45, 2.75) is 13.3 Å². The summed E-state index contributed by atoms with van der Waals surface area (Å²) in [6.45, 7) is 2.48. The molecule has 0 aliphatic carbocycles. The molecular formula is C11H10BrClN4O2. The summed E-state index contributed by atoms with van der Waals surface area (Å²) in [6, 6.07) is 1.93. The molecule has 8 heteroatoms. The van der Waals surface area contributed by atoms with Crippen molar-refractivity contribution in [3.63, 3.8) is 0 Å². The smallest absolute Gasteiger partial charge is 0.329 e. The highest BCUT2D eigenvalue weighted by atomic mass is 79.9. The van der Waals surface area contributed by atoms with Crippen LogP contribution in [0.1, 0.15) is 13.3 Å². The van der Waals surface area contributed by atoms with Gasteiger partial charge in [0.2, 0.25) is 5.28 Å². The topological polar surface area (TPSA) is 70.0 Å². The van der Waals surface area contributed by atoms with Crippen LogP contribution in [0.2, 0.25) is 5.28 Å². The molecule has 2 aromatic rings. The molecule has 0 aliphatic heterocycles. The van der Waals surface area contributed by atoms with Gasteiger partial charge in [0.05, 0.1) is 12.8 Å². The van der Waals surface area contributed by atoms with Crippen LogP contribution in [0.5, 0.6) is 17.8 Å². The summed E-state index contributed by atoms with van der Waals surface area (Å²) >= 11 is 9.07. The van der Waals surface area contributed by atoms with Crippen molar-refractivity contribution in [3.8, 4) is 17.8 Å². The molecule has 100 valence electrons. The standard InChI is InChI=1S/C11H10BrClN4O2/c1-2-3-18-10-15-9(13)16-11(17-10)19-8-4-7(12)5-14-6-8/h4-6H,2-3H2,1H3. The van der Waals surface area contributed by atoms with Gasteiger partial charge in [0.15, 0.2) is 5.75 Å². The predicted molar refractivity (Wildman–Crippen MR) is 72.6 cm³/mol. The number of pyridine rings is 1. The fourth-order valence-corrected chi connectivity index (χ4v) is 1.66. The molecule has 0 spiro atoms. The van der Waals surface area contributed by atoms with Crippen molar-refractivity contribution in [2.24, 2.45) is 0 Å². The Labute approximate surface area is 123 Å². The minimum atomic E-state index is 0.0130. The molecule has 2 rings (SSSR count). The molecule has 6 nitrogen and oxygen atoms in total. The molecule has 19 heavy (non-hydrogen) atoms. The molecule has 0 saturated heterocycles. The number of rotatable bonds is 5. The van der Waals surface area contributed by atoms with Gasteiger partial charge in [-0.3, -0.25) is 4.98 Å². The van der Waals surface area contributed by atoms with Crippen LogP contribution in [0, 0.1) is 0 Å². The van der Waals surface area contributed by atoms with Crippen LogP contribution in [0.25, 0.3) is 0 Å². The van der Waals surface area contributed by atoms with Crippen LogP contribution in [0.4, 0.5) is 0 Å². The second kappa shape index (κ2) is 6.63. The monoisotopic (exact) mass is 344 g/mol. The van der Waals surface area contributed by atoms with E-state index in [0.29, 0.717) is 12.4 Å². The summed E-state index contributed by atoms with van der Waals surface area (Å²) in [5.41, 5.74) is 0. The van der Waals surface area contributed by atoms with Crippen LogP contribution >= 0.6 is 27.5 Å². The second-order valence-corrected chi connectivity index (χ2v) is 4.71. The van der Waals surface area contributed by atoms with E-state index in [1.807, 2.05) is 6.92 Å². The molecule has 2 aromatic heterocycles. The average molecular weight is 346 g/mol. The first kappa shape index (κ1) is 14.0. The molecular weight excluding hydrogens is 336 g/mol. The fourth-order valence-electron chi connectivity index (χ4n) is 1.17. The number of ether oxygens (including phenoxy) is 2. The van der Waals surface area contributed by atoms with Crippen molar-refractivity contribution < 1.29 is 9.47 Å². The Hall–Kier alpha value is -1.47. The lowest BCUT2D eigenvalue weighted by molar-refractivity contribution is 0.284. The van der Waals surface area contributed by atoms with Crippen molar-refractivity contribution in [3.05, 3.63) is 28.2 Å². The highest BCUT2D eigenvalue weighted by Crippen LogP contribution is 2.22. The van der Waals surface area contributed by atoms with Gasteiger partial charge in [0.25, 0.3) is 0 Å². The fraction of sp³-hybridized carbons (Fsp3) is 0.273. The van der Waals surface area contributed by atoms with E-state index in [9.17, 15) is 0 Å². The van der Waals surface area contributed by atoms with E-state index in [0.717, 1.165) is 10.9 Å². The summed E-state index contributed by atoms with van der Waals surface area (Å²) in [5, 5.41) is 0.0130. The quantitative estimate of drug-likeness (QED) is 0.828. The molecule has 0 aliphatic rings. The van der Waals surface area contributed by atoms with E-state index in [-0.39, 0.29) is 17.3 Å². The Morgan fingerprint density at radius 2 is 2.00 bits per heavy atom. The molecule has 2 heterocycles. The zero-order valence-corrected chi connectivity index (χ0v) is 12.3. The Kier molecular flexibility index (Phi) is 4.86. The Balaban J connectivity index is 2.17. The first-order chi connectivity index (χ1) is 9.17. The number of aromatic nitrogens is 4. The molecule has 0 bridgehead atoms. The highest BCUT2D eigenvalue weighted by molar-refractivity contribution is 9.10. The van der Waals surface area contributed by atoms with Gasteiger partial charge in [0, 0.05) is 10.7 Å². The van der Waals surface area contributed by atoms with Crippen molar-refractivity contribution >= 4 is 27.5 Å². The van der Waals surface area contributed by atoms with E-state index in [4.69, 9.17) is 21.1 Å². The van der Waals surface area contributed by atoms with Gasteiger partial charge in [-0.05, 0) is 40.0 Å². The second-order valence-electron chi connectivity index (χ2n) is 3.46. The van der Waals surface area contributed by atoms with E-state index >= 15 is 0 Å².